The summed E-state index contributed by atoms with van der Waals surface area (Å²) in [7, 11) is 3.06. The van der Waals surface area contributed by atoms with Gasteiger partial charge in [0.15, 0.2) is 0 Å². The summed E-state index contributed by atoms with van der Waals surface area (Å²) in [4.78, 5) is 1.76. The van der Waals surface area contributed by atoms with Crippen molar-refractivity contribution >= 4 is 21.6 Å². The van der Waals surface area contributed by atoms with Crippen LogP contribution in [0, 0.1) is 13.8 Å². The predicted molar refractivity (Wildman–Crippen MR) is 115 cm³/mol. The largest absolute Gasteiger partial charge is 0.507 e. The van der Waals surface area contributed by atoms with Crippen LogP contribution in [0.2, 0.25) is 0 Å². The summed E-state index contributed by atoms with van der Waals surface area (Å²) in [6.07, 6.45) is 0. The summed E-state index contributed by atoms with van der Waals surface area (Å²) in [6, 6.07) is 7.45. The van der Waals surface area contributed by atoms with Gasteiger partial charge in [0.05, 0.1) is 9.79 Å². The lowest BCUT2D eigenvalue weighted by Gasteiger charge is -2.27. The number of hydrogen-bond acceptors (Lipinski definition) is 4. The van der Waals surface area contributed by atoms with Crippen LogP contribution in [0.4, 0.5) is 0 Å². The van der Waals surface area contributed by atoms with Crippen molar-refractivity contribution in [1.29, 1.82) is 0 Å². The lowest BCUT2D eigenvalue weighted by Crippen LogP contribution is -2.15. The third kappa shape index (κ3) is 4.34. The summed E-state index contributed by atoms with van der Waals surface area (Å²) in [5.74, 6) is 0.588. The van der Waals surface area contributed by atoms with E-state index in [1.54, 1.807) is 12.1 Å². The second-order valence-electron chi connectivity index (χ2n) is 8.88. The number of aromatic hydroxyl groups is 2. The lowest BCUT2D eigenvalue weighted by molar-refractivity contribution is 0.453. The summed E-state index contributed by atoms with van der Waals surface area (Å²) in [5, 5.41) is 21.0. The molecule has 0 aliphatic carbocycles. The van der Waals surface area contributed by atoms with E-state index in [4.69, 9.17) is 0 Å². The molecule has 0 unspecified atom stereocenters. The monoisotopic (exact) mass is 390 g/mol. The Morgan fingerprint density at radius 2 is 0.923 bits per heavy atom. The Bertz CT molecular complexity index is 743. The average molecular weight is 391 g/mol. The van der Waals surface area contributed by atoms with E-state index in [-0.39, 0.29) is 10.8 Å². The van der Waals surface area contributed by atoms with Gasteiger partial charge >= 0.3 is 0 Å². The van der Waals surface area contributed by atoms with E-state index in [0.717, 1.165) is 20.9 Å². The molecule has 26 heavy (non-hydrogen) atoms. The minimum Gasteiger partial charge on any atom is -0.507 e. The van der Waals surface area contributed by atoms with Gasteiger partial charge < -0.3 is 10.2 Å². The Morgan fingerprint density at radius 1 is 0.615 bits per heavy atom. The molecule has 0 saturated carbocycles. The molecule has 2 nitrogen and oxygen atoms in total. The molecule has 0 atom stereocenters. The molecule has 0 aliphatic rings. The molecule has 0 bridgehead atoms. The van der Waals surface area contributed by atoms with Crippen LogP contribution in [0.25, 0.3) is 0 Å². The van der Waals surface area contributed by atoms with E-state index in [0.29, 0.717) is 11.5 Å². The van der Waals surface area contributed by atoms with Crippen molar-refractivity contribution in [3.05, 3.63) is 46.5 Å². The number of hydrogen-bond donors (Lipinski definition) is 2. The maximum absolute atomic E-state index is 10.5. The molecule has 2 aromatic rings. The smallest absolute Gasteiger partial charge is 0.130 e. The minimum atomic E-state index is -0.0762. The molecule has 0 spiro atoms. The van der Waals surface area contributed by atoms with Gasteiger partial charge in [-0.25, -0.2) is 0 Å². The van der Waals surface area contributed by atoms with Crippen LogP contribution in [-0.4, -0.2) is 10.2 Å². The van der Waals surface area contributed by atoms with Gasteiger partial charge in [-0.3, -0.25) is 0 Å². The number of aryl methyl sites for hydroxylation is 2. The molecule has 0 radical (unpaired) electrons. The van der Waals surface area contributed by atoms with E-state index in [2.05, 4.69) is 55.4 Å². The van der Waals surface area contributed by atoms with E-state index >= 15 is 0 Å². The molecule has 2 aromatic carbocycles. The molecular formula is C22H30O2S2. The molecule has 2 rings (SSSR count). The Kier molecular flexibility index (Phi) is 5.99. The first-order valence-corrected chi connectivity index (χ1v) is 11.0. The van der Waals surface area contributed by atoms with Crippen molar-refractivity contribution < 1.29 is 10.2 Å². The first-order chi connectivity index (χ1) is 11.8. The Morgan fingerprint density at radius 3 is 1.19 bits per heavy atom. The van der Waals surface area contributed by atoms with Crippen LogP contribution in [0.3, 0.4) is 0 Å². The molecule has 0 fully saturated rings. The molecule has 0 aliphatic heterocycles. The van der Waals surface area contributed by atoms with E-state index < -0.39 is 0 Å². The van der Waals surface area contributed by atoms with Crippen molar-refractivity contribution in [3.8, 4) is 11.5 Å². The van der Waals surface area contributed by atoms with Gasteiger partial charge in [-0.15, -0.1) is 0 Å². The number of rotatable bonds is 3. The third-order valence-electron chi connectivity index (χ3n) is 4.40. The van der Waals surface area contributed by atoms with Gasteiger partial charge in [0.2, 0.25) is 0 Å². The minimum absolute atomic E-state index is 0.0762. The van der Waals surface area contributed by atoms with Crippen molar-refractivity contribution in [2.24, 2.45) is 0 Å². The first kappa shape index (κ1) is 21.0. The molecule has 0 amide bonds. The first-order valence-electron chi connectivity index (χ1n) is 8.84. The highest BCUT2D eigenvalue weighted by atomic mass is 33.1. The van der Waals surface area contributed by atoms with Gasteiger partial charge in [0, 0.05) is 0 Å². The fourth-order valence-electron chi connectivity index (χ4n) is 3.46. The second-order valence-corrected chi connectivity index (χ2v) is 11.0. The van der Waals surface area contributed by atoms with Gasteiger partial charge in [0.1, 0.15) is 11.5 Å². The summed E-state index contributed by atoms with van der Waals surface area (Å²) in [5.41, 5.74) is 4.49. The highest BCUT2D eigenvalue weighted by Gasteiger charge is 2.26. The predicted octanol–water partition coefficient (Wildman–Crippen LogP) is 7.11. The topological polar surface area (TPSA) is 40.5 Å². The number of benzene rings is 2. The average Bonchev–Trinajstić information content (AvgIpc) is 2.48. The van der Waals surface area contributed by atoms with Crippen molar-refractivity contribution in [3.63, 3.8) is 0 Å². The van der Waals surface area contributed by atoms with Crippen LogP contribution < -0.4 is 0 Å². The number of phenols is 2. The summed E-state index contributed by atoms with van der Waals surface area (Å²) in [6.45, 7) is 17.1. The molecule has 0 saturated heterocycles. The zero-order valence-corrected chi connectivity index (χ0v) is 18.7. The van der Waals surface area contributed by atoms with E-state index in [1.165, 1.54) is 32.7 Å². The van der Waals surface area contributed by atoms with Crippen LogP contribution in [0.1, 0.15) is 63.8 Å². The molecule has 0 aromatic heterocycles. The quantitative estimate of drug-likeness (QED) is 0.548. The normalized spacial score (nSPS) is 12.5. The van der Waals surface area contributed by atoms with Gasteiger partial charge in [0.25, 0.3) is 0 Å². The van der Waals surface area contributed by atoms with E-state index in [9.17, 15) is 10.2 Å². The number of phenolic OH excluding ortho intramolecular Hbond substituents is 2. The van der Waals surface area contributed by atoms with Gasteiger partial charge in [-0.1, -0.05) is 53.7 Å². The fourth-order valence-corrected chi connectivity index (χ4v) is 6.54. The highest BCUT2D eigenvalue weighted by Crippen LogP contribution is 2.51. The third-order valence-corrected chi connectivity index (χ3v) is 6.89. The Balaban J connectivity index is 2.52. The maximum atomic E-state index is 10.5. The zero-order valence-electron chi connectivity index (χ0n) is 17.0. The van der Waals surface area contributed by atoms with Crippen molar-refractivity contribution in [1.82, 2.24) is 0 Å². The van der Waals surface area contributed by atoms with Crippen LogP contribution >= 0.6 is 21.6 Å². The van der Waals surface area contributed by atoms with Crippen LogP contribution in [0.5, 0.6) is 11.5 Å². The molecular weight excluding hydrogens is 360 g/mol. The molecule has 4 heteroatoms. The molecule has 0 heterocycles. The van der Waals surface area contributed by atoms with Gasteiger partial charge in [-0.05, 0) is 80.7 Å². The Labute approximate surface area is 165 Å². The summed E-state index contributed by atoms with van der Waals surface area (Å²) < 4.78 is 0. The Hall–Kier alpha value is -1.26. The van der Waals surface area contributed by atoms with Crippen molar-refractivity contribution in [2.75, 3.05) is 0 Å². The van der Waals surface area contributed by atoms with Gasteiger partial charge in [-0.2, -0.15) is 0 Å². The summed E-state index contributed by atoms with van der Waals surface area (Å²) >= 11 is 0. The van der Waals surface area contributed by atoms with Crippen LogP contribution in [0.15, 0.2) is 34.1 Å². The van der Waals surface area contributed by atoms with Crippen molar-refractivity contribution in [2.45, 2.75) is 76.0 Å². The lowest BCUT2D eigenvalue weighted by atomic mass is 9.84. The SMILES string of the molecule is Cc1ccc(O)c(SSc2c(O)ccc(C)c2C(C)(C)C)c1C(C)(C)C. The standard InChI is InChI=1S/C22H30O2S2/c1-13-9-11-15(23)19(17(13)21(3,4)5)25-26-20-16(24)12-10-14(2)18(20)22(6,7)8/h9-12,23-24H,1-8H3. The molecule has 2 N–H and O–H groups in total. The second kappa shape index (κ2) is 7.40. The zero-order chi connectivity index (χ0) is 19.9. The van der Waals surface area contributed by atoms with Crippen LogP contribution in [-0.2, 0) is 10.8 Å². The molecule has 142 valence electrons. The maximum Gasteiger partial charge on any atom is 0.130 e. The fraction of sp³-hybridized carbons (Fsp3) is 0.455. The highest BCUT2D eigenvalue weighted by molar-refractivity contribution is 8.76. The van der Waals surface area contributed by atoms with E-state index in [1.807, 2.05) is 12.1 Å².